The monoisotopic (exact) mass is 344 g/mol. The van der Waals surface area contributed by atoms with Crippen molar-refractivity contribution in [1.82, 2.24) is 10.6 Å². The first kappa shape index (κ1) is 16.8. The Balaban J connectivity index is 1.54. The third kappa shape index (κ3) is 4.73. The van der Waals surface area contributed by atoms with Crippen LogP contribution in [0.2, 0.25) is 5.02 Å². The number of halogens is 1. The van der Waals surface area contributed by atoms with E-state index in [2.05, 4.69) is 10.6 Å². The zero-order valence-electron chi connectivity index (χ0n) is 13.4. The van der Waals surface area contributed by atoms with E-state index in [4.69, 9.17) is 16.3 Å². The van der Waals surface area contributed by atoms with Gasteiger partial charge in [0, 0.05) is 17.1 Å². The van der Waals surface area contributed by atoms with Crippen LogP contribution in [-0.2, 0) is 0 Å². The molecule has 0 bridgehead atoms. The molecule has 0 aliphatic carbocycles. The minimum absolute atomic E-state index is 0.0464. The molecule has 0 spiro atoms. The topological polar surface area (TPSA) is 50.4 Å². The predicted molar refractivity (Wildman–Crippen MR) is 95.9 cm³/mol. The lowest BCUT2D eigenvalue weighted by Gasteiger charge is -2.22. The summed E-state index contributed by atoms with van der Waals surface area (Å²) in [6.07, 6.45) is 2.34. The molecule has 2 aromatic rings. The Hall–Kier alpha value is -2.04. The van der Waals surface area contributed by atoms with Crippen molar-refractivity contribution in [2.45, 2.75) is 12.8 Å². The number of amides is 1. The predicted octanol–water partition coefficient (Wildman–Crippen LogP) is 3.86. The number of rotatable bonds is 5. The highest BCUT2D eigenvalue weighted by molar-refractivity contribution is 6.30. The van der Waals surface area contributed by atoms with Crippen molar-refractivity contribution in [2.24, 2.45) is 5.92 Å². The molecule has 4 nitrogen and oxygen atoms in total. The van der Waals surface area contributed by atoms with Crippen LogP contribution in [0.3, 0.4) is 0 Å². The fourth-order valence-electron chi connectivity index (χ4n) is 2.78. The van der Waals surface area contributed by atoms with Crippen molar-refractivity contribution in [2.75, 3.05) is 19.6 Å². The molecule has 1 fully saturated rings. The molecule has 2 aromatic carbocycles. The first-order valence-corrected chi connectivity index (χ1v) is 8.61. The van der Waals surface area contributed by atoms with Gasteiger partial charge in [0.1, 0.15) is 11.5 Å². The molecule has 126 valence electrons. The standard InChI is InChI=1S/C19H21ClN2O2/c20-16-4-1-5-18(11-16)24-17-8-6-15(7-9-17)19(23)22-13-14-3-2-10-21-12-14/h1,4-9,11,14,21H,2-3,10,12-13H2,(H,22,23). The van der Waals surface area contributed by atoms with Crippen LogP contribution in [0.1, 0.15) is 23.2 Å². The second-order valence-electron chi connectivity index (χ2n) is 6.01. The van der Waals surface area contributed by atoms with Gasteiger partial charge in [0.15, 0.2) is 0 Å². The van der Waals surface area contributed by atoms with Gasteiger partial charge in [-0.15, -0.1) is 0 Å². The number of piperidine rings is 1. The minimum atomic E-state index is -0.0464. The number of hydrogen-bond acceptors (Lipinski definition) is 3. The van der Waals surface area contributed by atoms with Gasteiger partial charge >= 0.3 is 0 Å². The molecule has 1 aliphatic rings. The average Bonchev–Trinajstić information content (AvgIpc) is 2.61. The molecule has 3 rings (SSSR count). The second kappa shape index (κ2) is 8.18. The van der Waals surface area contributed by atoms with E-state index in [1.807, 2.05) is 12.1 Å². The highest BCUT2D eigenvalue weighted by Crippen LogP contribution is 2.24. The molecule has 0 saturated carbocycles. The van der Waals surface area contributed by atoms with Crippen molar-refractivity contribution in [3.8, 4) is 11.5 Å². The Morgan fingerprint density at radius 2 is 2.04 bits per heavy atom. The highest BCUT2D eigenvalue weighted by Gasteiger charge is 2.14. The van der Waals surface area contributed by atoms with E-state index < -0.39 is 0 Å². The van der Waals surface area contributed by atoms with Gasteiger partial charge in [-0.25, -0.2) is 0 Å². The second-order valence-corrected chi connectivity index (χ2v) is 6.44. The van der Waals surface area contributed by atoms with E-state index >= 15 is 0 Å². The smallest absolute Gasteiger partial charge is 0.251 e. The summed E-state index contributed by atoms with van der Waals surface area (Å²) in [7, 11) is 0. The van der Waals surface area contributed by atoms with Gasteiger partial charge in [-0.2, -0.15) is 0 Å². The van der Waals surface area contributed by atoms with Crippen LogP contribution in [0.25, 0.3) is 0 Å². The zero-order chi connectivity index (χ0) is 16.8. The summed E-state index contributed by atoms with van der Waals surface area (Å²) < 4.78 is 5.72. The molecule has 2 N–H and O–H groups in total. The van der Waals surface area contributed by atoms with Gasteiger partial charge in [0.2, 0.25) is 0 Å². The summed E-state index contributed by atoms with van der Waals surface area (Å²) in [5, 5.41) is 6.99. The molecule has 1 amide bonds. The van der Waals surface area contributed by atoms with E-state index in [1.54, 1.807) is 36.4 Å². The summed E-state index contributed by atoms with van der Waals surface area (Å²) >= 11 is 5.94. The fourth-order valence-corrected chi connectivity index (χ4v) is 2.96. The molecule has 1 heterocycles. The number of nitrogens with one attached hydrogen (secondary N) is 2. The van der Waals surface area contributed by atoms with Crippen LogP contribution in [-0.4, -0.2) is 25.5 Å². The lowest BCUT2D eigenvalue weighted by molar-refractivity contribution is 0.0945. The fraction of sp³-hybridized carbons (Fsp3) is 0.316. The number of ether oxygens (including phenoxy) is 1. The minimum Gasteiger partial charge on any atom is -0.457 e. The normalized spacial score (nSPS) is 17.3. The molecule has 24 heavy (non-hydrogen) atoms. The van der Waals surface area contributed by atoms with Gasteiger partial charge in [-0.3, -0.25) is 4.79 Å². The van der Waals surface area contributed by atoms with Gasteiger partial charge in [0.05, 0.1) is 0 Å². The molecule has 0 aromatic heterocycles. The molecule has 1 aliphatic heterocycles. The Morgan fingerprint density at radius 3 is 2.75 bits per heavy atom. The van der Waals surface area contributed by atoms with Gasteiger partial charge in [-0.1, -0.05) is 17.7 Å². The van der Waals surface area contributed by atoms with Crippen LogP contribution in [0, 0.1) is 5.92 Å². The van der Waals surface area contributed by atoms with E-state index in [0.717, 1.165) is 13.1 Å². The summed E-state index contributed by atoms with van der Waals surface area (Å²) in [5.41, 5.74) is 0.636. The van der Waals surface area contributed by atoms with Gasteiger partial charge < -0.3 is 15.4 Å². The molecule has 0 radical (unpaired) electrons. The SMILES string of the molecule is O=C(NCC1CCCNC1)c1ccc(Oc2cccc(Cl)c2)cc1. The van der Waals surface area contributed by atoms with Crippen molar-refractivity contribution in [3.63, 3.8) is 0 Å². The van der Waals surface area contributed by atoms with Crippen molar-refractivity contribution < 1.29 is 9.53 Å². The summed E-state index contributed by atoms with van der Waals surface area (Å²) in [4.78, 5) is 12.2. The first-order valence-electron chi connectivity index (χ1n) is 8.23. The molecule has 1 saturated heterocycles. The molecule has 1 unspecified atom stereocenters. The number of carbonyl (C=O) groups is 1. The Labute approximate surface area is 147 Å². The maximum Gasteiger partial charge on any atom is 0.251 e. The van der Waals surface area contributed by atoms with E-state index in [1.165, 1.54) is 12.8 Å². The van der Waals surface area contributed by atoms with Crippen molar-refractivity contribution in [1.29, 1.82) is 0 Å². The van der Waals surface area contributed by atoms with Crippen molar-refractivity contribution in [3.05, 3.63) is 59.1 Å². The van der Waals surface area contributed by atoms with Crippen LogP contribution in [0.15, 0.2) is 48.5 Å². The largest absolute Gasteiger partial charge is 0.457 e. The van der Waals surface area contributed by atoms with E-state index in [0.29, 0.717) is 34.5 Å². The highest BCUT2D eigenvalue weighted by atomic mass is 35.5. The molecule has 5 heteroatoms. The average molecular weight is 345 g/mol. The van der Waals surface area contributed by atoms with Crippen LogP contribution in [0.4, 0.5) is 0 Å². The van der Waals surface area contributed by atoms with Crippen LogP contribution >= 0.6 is 11.6 Å². The molecular weight excluding hydrogens is 324 g/mol. The number of benzene rings is 2. The summed E-state index contributed by atoms with van der Waals surface area (Å²) in [5.74, 6) is 1.82. The maximum absolute atomic E-state index is 12.2. The zero-order valence-corrected chi connectivity index (χ0v) is 14.2. The Morgan fingerprint density at radius 1 is 1.21 bits per heavy atom. The van der Waals surface area contributed by atoms with Gasteiger partial charge in [0.25, 0.3) is 5.91 Å². The van der Waals surface area contributed by atoms with Crippen molar-refractivity contribution >= 4 is 17.5 Å². The Bertz CT molecular complexity index is 682. The first-order chi connectivity index (χ1) is 11.7. The summed E-state index contributed by atoms with van der Waals surface area (Å²) in [6.45, 7) is 2.78. The van der Waals surface area contributed by atoms with E-state index in [9.17, 15) is 4.79 Å². The van der Waals surface area contributed by atoms with Crippen LogP contribution in [0.5, 0.6) is 11.5 Å². The van der Waals surface area contributed by atoms with E-state index in [-0.39, 0.29) is 5.91 Å². The van der Waals surface area contributed by atoms with Gasteiger partial charge in [-0.05, 0) is 74.3 Å². The maximum atomic E-state index is 12.2. The number of hydrogen-bond donors (Lipinski definition) is 2. The third-order valence-electron chi connectivity index (χ3n) is 4.10. The van der Waals surface area contributed by atoms with Crippen LogP contribution < -0.4 is 15.4 Å². The molecular formula is C19H21ClN2O2. The number of carbonyl (C=O) groups excluding carboxylic acids is 1. The lowest BCUT2D eigenvalue weighted by atomic mass is 10.00. The Kier molecular flexibility index (Phi) is 5.72. The quantitative estimate of drug-likeness (QED) is 0.865. The summed E-state index contributed by atoms with van der Waals surface area (Å²) in [6, 6.07) is 14.3. The third-order valence-corrected chi connectivity index (χ3v) is 4.33. The lowest BCUT2D eigenvalue weighted by Crippen LogP contribution is -2.38. The molecule has 1 atom stereocenters.